The number of halogens is 1. The summed E-state index contributed by atoms with van der Waals surface area (Å²) in [6, 6.07) is 19.5. The lowest BCUT2D eigenvalue weighted by atomic mass is 9.94. The van der Waals surface area contributed by atoms with Crippen LogP contribution < -0.4 is 15.4 Å². The van der Waals surface area contributed by atoms with Crippen LogP contribution in [0.3, 0.4) is 0 Å². The number of aromatic nitrogens is 2. The fourth-order valence-electron chi connectivity index (χ4n) is 4.30. The summed E-state index contributed by atoms with van der Waals surface area (Å²) in [5, 5.41) is 17.0. The Hall–Kier alpha value is -3.97. The maximum Gasteiger partial charge on any atom is 0.255 e. The van der Waals surface area contributed by atoms with Crippen molar-refractivity contribution in [3.05, 3.63) is 88.6 Å². The van der Waals surface area contributed by atoms with Crippen molar-refractivity contribution in [3.63, 3.8) is 0 Å². The van der Waals surface area contributed by atoms with Crippen LogP contribution in [0, 0.1) is 0 Å². The lowest BCUT2D eigenvalue weighted by Crippen LogP contribution is -2.31. The second-order valence-corrected chi connectivity index (χ2v) is 8.36. The van der Waals surface area contributed by atoms with Crippen LogP contribution in [0.4, 0.5) is 11.6 Å². The van der Waals surface area contributed by atoms with Crippen molar-refractivity contribution in [1.82, 2.24) is 9.55 Å². The summed E-state index contributed by atoms with van der Waals surface area (Å²) in [5.74, 6) is 0.729. The van der Waals surface area contributed by atoms with Crippen molar-refractivity contribution in [1.29, 1.82) is 0 Å². The van der Waals surface area contributed by atoms with Gasteiger partial charge in [0.1, 0.15) is 0 Å². The predicted octanol–water partition coefficient (Wildman–Crippen LogP) is 5.72. The largest absolute Gasteiger partial charge is 0.504 e. The average molecular weight is 475 g/mol. The number of benzene rings is 3. The van der Waals surface area contributed by atoms with Crippen molar-refractivity contribution < 1.29 is 14.6 Å². The fourth-order valence-corrected chi connectivity index (χ4v) is 4.48. The van der Waals surface area contributed by atoms with Gasteiger partial charge in [-0.15, -0.1) is 0 Å². The summed E-state index contributed by atoms with van der Waals surface area (Å²) in [7, 11) is 0. The van der Waals surface area contributed by atoms with E-state index in [1.54, 1.807) is 30.3 Å². The Labute approximate surface area is 201 Å². The van der Waals surface area contributed by atoms with Gasteiger partial charge in [-0.1, -0.05) is 41.9 Å². The van der Waals surface area contributed by atoms with Gasteiger partial charge in [-0.25, -0.2) is 4.98 Å². The van der Waals surface area contributed by atoms with Crippen molar-refractivity contribution in [2.75, 3.05) is 17.2 Å². The molecule has 172 valence electrons. The van der Waals surface area contributed by atoms with Gasteiger partial charge in [0.15, 0.2) is 11.5 Å². The normalized spacial score (nSPS) is 15.1. The Morgan fingerprint density at radius 2 is 1.94 bits per heavy atom. The van der Waals surface area contributed by atoms with E-state index >= 15 is 0 Å². The number of phenolic OH excluding ortho intramolecular Hbond substituents is 1. The van der Waals surface area contributed by atoms with Gasteiger partial charge in [-0.3, -0.25) is 9.36 Å². The standard InChI is InChI=1S/C26H23ClN4O3/c1-3-34-22-14-16(12-13-21(22)32)24-23(25(33)29-18-9-5-4-8-17(18)27)15(2)28-26-30-19-10-6-7-11-20(19)31(24)26/h4-14,24,32H,3H2,1-2H3,(H,28,30)(H,29,33)/t24-/m1/s1. The third-order valence-corrected chi connectivity index (χ3v) is 6.13. The smallest absolute Gasteiger partial charge is 0.255 e. The highest BCUT2D eigenvalue weighted by molar-refractivity contribution is 6.33. The molecule has 0 aliphatic carbocycles. The molecular weight excluding hydrogens is 452 g/mol. The summed E-state index contributed by atoms with van der Waals surface area (Å²) < 4.78 is 7.63. The molecule has 1 aliphatic rings. The van der Waals surface area contributed by atoms with Crippen molar-refractivity contribution in [3.8, 4) is 11.5 Å². The van der Waals surface area contributed by atoms with Gasteiger partial charge >= 0.3 is 0 Å². The van der Waals surface area contributed by atoms with Crippen LogP contribution in [0.2, 0.25) is 5.02 Å². The van der Waals surface area contributed by atoms with Crippen molar-refractivity contribution in [2.24, 2.45) is 0 Å². The number of anilines is 2. The molecule has 3 N–H and O–H groups in total. The Morgan fingerprint density at radius 3 is 2.74 bits per heavy atom. The molecule has 3 aromatic carbocycles. The number of carbonyl (C=O) groups excluding carboxylic acids is 1. The van der Waals surface area contributed by atoms with Crippen LogP contribution in [0.5, 0.6) is 11.5 Å². The first kappa shape index (κ1) is 21.9. The zero-order valence-corrected chi connectivity index (χ0v) is 19.4. The van der Waals surface area contributed by atoms with Gasteiger partial charge in [0.2, 0.25) is 5.95 Å². The highest BCUT2D eigenvalue weighted by Gasteiger charge is 2.34. The highest BCUT2D eigenvalue weighted by Crippen LogP contribution is 2.41. The first-order chi connectivity index (χ1) is 16.5. The monoisotopic (exact) mass is 474 g/mol. The topological polar surface area (TPSA) is 88.4 Å². The van der Waals surface area contributed by atoms with Gasteiger partial charge in [0.25, 0.3) is 5.91 Å². The molecule has 1 atom stereocenters. The van der Waals surface area contributed by atoms with E-state index in [0.29, 0.717) is 40.3 Å². The van der Waals surface area contributed by atoms with Gasteiger partial charge < -0.3 is 20.5 Å². The molecule has 1 aromatic heterocycles. The number of amides is 1. The highest BCUT2D eigenvalue weighted by atomic mass is 35.5. The molecule has 4 aromatic rings. The van der Waals surface area contributed by atoms with Crippen LogP contribution in [0.1, 0.15) is 25.5 Å². The predicted molar refractivity (Wildman–Crippen MR) is 134 cm³/mol. The quantitative estimate of drug-likeness (QED) is 0.344. The molecule has 0 bridgehead atoms. The maximum atomic E-state index is 13.7. The van der Waals surface area contributed by atoms with Gasteiger partial charge in [0, 0.05) is 5.70 Å². The molecule has 0 unspecified atom stereocenters. The van der Waals surface area contributed by atoms with Crippen molar-refractivity contribution >= 4 is 40.2 Å². The molecule has 5 rings (SSSR count). The van der Waals surface area contributed by atoms with Crippen LogP contribution in [0.25, 0.3) is 11.0 Å². The third kappa shape index (κ3) is 3.74. The number of fused-ring (bicyclic) bond motifs is 3. The molecule has 1 aliphatic heterocycles. The van der Waals surface area contributed by atoms with Crippen LogP contribution in [-0.4, -0.2) is 27.2 Å². The van der Waals surface area contributed by atoms with E-state index in [2.05, 4.69) is 10.6 Å². The molecule has 0 spiro atoms. The van der Waals surface area contributed by atoms with E-state index in [0.717, 1.165) is 16.6 Å². The SMILES string of the molecule is CCOc1cc([C@@H]2C(C(=O)Nc3ccccc3Cl)=C(C)Nc3nc4ccccc4n32)ccc1O. The zero-order chi connectivity index (χ0) is 23.8. The van der Waals surface area contributed by atoms with Crippen LogP contribution in [0.15, 0.2) is 78.0 Å². The van der Waals surface area contributed by atoms with E-state index in [-0.39, 0.29) is 11.7 Å². The Morgan fingerprint density at radius 1 is 1.18 bits per heavy atom. The van der Waals surface area contributed by atoms with Gasteiger partial charge in [-0.05, 0) is 55.8 Å². The molecule has 1 amide bonds. The average Bonchev–Trinajstić information content (AvgIpc) is 3.19. The third-order valence-electron chi connectivity index (χ3n) is 5.80. The summed E-state index contributed by atoms with van der Waals surface area (Å²) in [6.45, 7) is 4.10. The number of hydrogen-bond acceptors (Lipinski definition) is 5. The first-order valence-electron chi connectivity index (χ1n) is 10.9. The maximum absolute atomic E-state index is 13.7. The minimum atomic E-state index is -0.522. The molecule has 0 radical (unpaired) electrons. The van der Waals surface area contributed by atoms with E-state index in [4.69, 9.17) is 21.3 Å². The van der Waals surface area contributed by atoms with E-state index < -0.39 is 6.04 Å². The minimum Gasteiger partial charge on any atom is -0.504 e. The molecular formula is C26H23ClN4O3. The van der Waals surface area contributed by atoms with Crippen LogP contribution >= 0.6 is 11.6 Å². The number of allylic oxidation sites excluding steroid dienone is 1. The molecule has 0 saturated heterocycles. The van der Waals surface area contributed by atoms with Crippen LogP contribution in [-0.2, 0) is 4.79 Å². The molecule has 7 nitrogen and oxygen atoms in total. The van der Waals surface area contributed by atoms with E-state index in [1.807, 2.05) is 54.8 Å². The summed E-state index contributed by atoms with van der Waals surface area (Å²) in [5.41, 5.74) is 4.15. The number of para-hydroxylation sites is 3. The summed E-state index contributed by atoms with van der Waals surface area (Å²) >= 11 is 6.31. The zero-order valence-electron chi connectivity index (χ0n) is 18.7. The lowest BCUT2D eigenvalue weighted by molar-refractivity contribution is -0.113. The molecule has 0 fully saturated rings. The molecule has 2 heterocycles. The Kier molecular flexibility index (Phi) is 5.63. The second-order valence-electron chi connectivity index (χ2n) is 7.95. The van der Waals surface area contributed by atoms with E-state index in [1.165, 1.54) is 0 Å². The molecule has 34 heavy (non-hydrogen) atoms. The second kappa shape index (κ2) is 8.76. The molecule has 0 saturated carbocycles. The Bertz CT molecular complexity index is 1440. The number of nitrogens with one attached hydrogen (secondary N) is 2. The Balaban J connectivity index is 1.69. The van der Waals surface area contributed by atoms with Gasteiger partial charge in [-0.2, -0.15) is 0 Å². The number of nitrogens with zero attached hydrogens (tertiary/aromatic N) is 2. The number of carbonyl (C=O) groups is 1. The fraction of sp³-hybridized carbons (Fsp3) is 0.154. The number of imidazole rings is 1. The number of phenols is 1. The number of ether oxygens (including phenoxy) is 1. The number of hydrogen-bond donors (Lipinski definition) is 3. The summed E-state index contributed by atoms with van der Waals surface area (Å²) in [4.78, 5) is 18.4. The number of aromatic hydroxyl groups is 1. The lowest BCUT2D eigenvalue weighted by Gasteiger charge is -2.31. The van der Waals surface area contributed by atoms with E-state index in [9.17, 15) is 9.90 Å². The summed E-state index contributed by atoms with van der Waals surface area (Å²) in [6.07, 6.45) is 0. The number of rotatable bonds is 5. The van der Waals surface area contributed by atoms with Crippen molar-refractivity contribution in [2.45, 2.75) is 19.9 Å². The van der Waals surface area contributed by atoms with Gasteiger partial charge in [0.05, 0.1) is 40.0 Å². The minimum absolute atomic E-state index is 0.0398. The molecule has 8 heteroatoms. The first-order valence-corrected chi connectivity index (χ1v) is 11.3.